The lowest BCUT2D eigenvalue weighted by Crippen LogP contribution is -2.52. The van der Waals surface area contributed by atoms with Crippen molar-refractivity contribution in [3.8, 4) is 6.07 Å². The molecule has 2 N–H and O–H groups in total. The summed E-state index contributed by atoms with van der Waals surface area (Å²) in [7, 11) is 0. The molecular formula is C24H29N3O2. The topological polar surface area (TPSA) is 79.4 Å². The predicted molar refractivity (Wildman–Crippen MR) is 115 cm³/mol. The summed E-state index contributed by atoms with van der Waals surface area (Å²) in [5.41, 5.74) is 7.26. The molecule has 2 heterocycles. The lowest BCUT2D eigenvalue weighted by Gasteiger charge is -2.41. The van der Waals surface area contributed by atoms with Gasteiger partial charge in [-0.25, -0.2) is 0 Å². The fourth-order valence-electron chi connectivity index (χ4n) is 5.03. The Labute approximate surface area is 172 Å². The van der Waals surface area contributed by atoms with Gasteiger partial charge in [0.25, 0.3) is 0 Å². The van der Waals surface area contributed by atoms with Crippen LogP contribution in [0.3, 0.4) is 0 Å². The summed E-state index contributed by atoms with van der Waals surface area (Å²) in [6.07, 6.45) is 4.98. The van der Waals surface area contributed by atoms with E-state index < -0.39 is 5.54 Å². The molecule has 0 unspecified atom stereocenters. The van der Waals surface area contributed by atoms with E-state index in [1.165, 1.54) is 5.69 Å². The van der Waals surface area contributed by atoms with Crippen molar-refractivity contribution in [2.24, 2.45) is 5.73 Å². The van der Waals surface area contributed by atoms with Gasteiger partial charge < -0.3 is 15.4 Å². The first-order valence-electron chi connectivity index (χ1n) is 10.7. The number of ether oxygens (including phenoxy) is 1. The molecule has 2 aliphatic rings. The summed E-state index contributed by atoms with van der Waals surface area (Å²) in [5, 5.41) is 11.6. The molecule has 3 atom stereocenters. The number of piperidine rings is 1. The zero-order valence-electron chi connectivity index (χ0n) is 17.2. The summed E-state index contributed by atoms with van der Waals surface area (Å²) >= 11 is 0. The highest BCUT2D eigenvalue weighted by molar-refractivity contribution is 5.98. The maximum atomic E-state index is 12.6. The van der Waals surface area contributed by atoms with Crippen molar-refractivity contribution < 1.29 is 9.53 Å². The number of carbonyl (C=O) groups excluding carboxylic acids is 1. The molecule has 0 saturated carbocycles. The Hall–Kier alpha value is -2.58. The van der Waals surface area contributed by atoms with Crippen LogP contribution in [0.4, 0.5) is 5.69 Å². The van der Waals surface area contributed by atoms with Gasteiger partial charge in [0.05, 0.1) is 11.6 Å². The first kappa shape index (κ1) is 19.7. The average Bonchev–Trinajstić information content (AvgIpc) is 3.01. The number of carbonyl (C=O) groups is 1. The van der Waals surface area contributed by atoms with Crippen LogP contribution in [0, 0.1) is 11.3 Å². The van der Waals surface area contributed by atoms with Crippen LogP contribution < -0.4 is 10.6 Å². The summed E-state index contributed by atoms with van der Waals surface area (Å²) in [5.74, 6) is -0.260. The minimum atomic E-state index is -0.875. The van der Waals surface area contributed by atoms with Crippen molar-refractivity contribution in [1.29, 1.82) is 5.26 Å². The monoisotopic (exact) mass is 391 g/mol. The van der Waals surface area contributed by atoms with Crippen molar-refractivity contribution >= 4 is 22.4 Å². The van der Waals surface area contributed by atoms with E-state index in [2.05, 4.69) is 23.1 Å². The quantitative estimate of drug-likeness (QED) is 0.770. The molecule has 0 spiro atoms. The maximum Gasteiger partial charge on any atom is 0.326 e. The van der Waals surface area contributed by atoms with Gasteiger partial charge in [-0.2, -0.15) is 5.26 Å². The van der Waals surface area contributed by atoms with Gasteiger partial charge in [-0.1, -0.05) is 38.1 Å². The molecule has 5 nitrogen and oxygen atoms in total. The molecule has 5 heteroatoms. The van der Waals surface area contributed by atoms with E-state index in [4.69, 9.17) is 10.5 Å². The van der Waals surface area contributed by atoms with E-state index >= 15 is 0 Å². The average molecular weight is 392 g/mol. The van der Waals surface area contributed by atoms with Gasteiger partial charge in [0.15, 0.2) is 0 Å². The Bertz CT molecular complexity index is 946. The molecule has 2 aromatic carbocycles. The zero-order chi connectivity index (χ0) is 20.6. The number of nitriles is 1. The molecule has 2 fully saturated rings. The van der Waals surface area contributed by atoms with Crippen LogP contribution in [0.2, 0.25) is 0 Å². The number of nitrogens with zero attached hydrogens (tertiary/aromatic N) is 2. The second-order valence-corrected chi connectivity index (χ2v) is 8.44. The molecule has 0 radical (unpaired) electrons. The van der Waals surface area contributed by atoms with E-state index in [0.717, 1.165) is 36.5 Å². The highest BCUT2D eigenvalue weighted by Crippen LogP contribution is 2.43. The van der Waals surface area contributed by atoms with Crippen LogP contribution in [0.25, 0.3) is 10.8 Å². The highest BCUT2D eigenvalue weighted by atomic mass is 16.5. The number of anilines is 1. The molecule has 2 bridgehead atoms. The molecule has 0 aliphatic carbocycles. The molecule has 2 aromatic rings. The Kier molecular flexibility index (Phi) is 5.23. The van der Waals surface area contributed by atoms with Crippen LogP contribution >= 0.6 is 0 Å². The second-order valence-electron chi connectivity index (χ2n) is 8.44. The Morgan fingerprint density at radius 2 is 1.76 bits per heavy atom. The molecule has 29 heavy (non-hydrogen) atoms. The molecule has 2 saturated heterocycles. The van der Waals surface area contributed by atoms with Gasteiger partial charge >= 0.3 is 5.97 Å². The zero-order valence-corrected chi connectivity index (χ0v) is 17.2. The van der Waals surface area contributed by atoms with Crippen LogP contribution in [0.5, 0.6) is 0 Å². The number of benzene rings is 2. The standard InChI is InChI=1S/C24H29N3O2/c1-3-24(26,4-2)23(28)29-19-13-17-10-11-18(14-19)27(17)22-12-9-16(15-25)20-7-5-6-8-21(20)22/h5-9,12,17-19H,3-4,10-11,13-14,26H2,1-2H3/t17-,18+,19+. The SMILES string of the molecule is CCC(N)(CC)C(=O)O[C@H]1C[C@H]2CC[C@@H](C1)N2c1ccc(C#N)c2ccccc12. The number of rotatable bonds is 5. The van der Waals surface area contributed by atoms with E-state index in [1.807, 2.05) is 38.1 Å². The Balaban J connectivity index is 1.58. The molecule has 0 amide bonds. The number of esters is 1. The fourth-order valence-corrected chi connectivity index (χ4v) is 5.03. The second kappa shape index (κ2) is 7.68. The molecular weight excluding hydrogens is 362 g/mol. The largest absolute Gasteiger partial charge is 0.461 e. The van der Waals surface area contributed by atoms with E-state index in [-0.39, 0.29) is 12.1 Å². The third kappa shape index (κ3) is 3.36. The van der Waals surface area contributed by atoms with Gasteiger partial charge in [-0.3, -0.25) is 4.79 Å². The smallest absolute Gasteiger partial charge is 0.326 e. The normalized spacial score (nSPS) is 23.8. The third-order valence-corrected chi connectivity index (χ3v) is 6.93. The first-order valence-corrected chi connectivity index (χ1v) is 10.7. The van der Waals surface area contributed by atoms with Crippen molar-refractivity contribution in [3.63, 3.8) is 0 Å². The fraction of sp³-hybridized carbons (Fsp3) is 0.500. The highest BCUT2D eigenvalue weighted by Gasteiger charge is 2.44. The van der Waals surface area contributed by atoms with Gasteiger partial charge in [0.2, 0.25) is 0 Å². The van der Waals surface area contributed by atoms with E-state index in [9.17, 15) is 10.1 Å². The number of fused-ring (bicyclic) bond motifs is 3. The molecule has 4 rings (SSSR count). The van der Waals surface area contributed by atoms with Crippen molar-refractivity contribution in [2.75, 3.05) is 4.90 Å². The molecule has 152 valence electrons. The first-order chi connectivity index (χ1) is 14.0. The van der Waals surface area contributed by atoms with E-state index in [1.54, 1.807) is 0 Å². The van der Waals surface area contributed by atoms with Crippen LogP contribution in [-0.4, -0.2) is 29.7 Å². The number of hydrogen-bond acceptors (Lipinski definition) is 5. The van der Waals surface area contributed by atoms with Crippen molar-refractivity contribution in [1.82, 2.24) is 0 Å². The predicted octanol–water partition coefficient (Wildman–Crippen LogP) is 4.27. The van der Waals surface area contributed by atoms with Crippen LogP contribution in [0.1, 0.15) is 57.9 Å². The molecule has 2 aliphatic heterocycles. The van der Waals surface area contributed by atoms with E-state index in [0.29, 0.717) is 30.5 Å². The Morgan fingerprint density at radius 3 is 2.34 bits per heavy atom. The van der Waals surface area contributed by atoms with Crippen LogP contribution in [-0.2, 0) is 9.53 Å². The van der Waals surface area contributed by atoms with Gasteiger partial charge in [-0.15, -0.1) is 0 Å². The summed E-state index contributed by atoms with van der Waals surface area (Å²) in [6, 6.07) is 15.1. The number of hydrogen-bond donors (Lipinski definition) is 1. The Morgan fingerprint density at radius 1 is 1.14 bits per heavy atom. The lowest BCUT2D eigenvalue weighted by molar-refractivity contribution is -0.157. The number of nitrogens with two attached hydrogens (primary N) is 1. The summed E-state index contributed by atoms with van der Waals surface area (Å²) < 4.78 is 5.89. The lowest BCUT2D eigenvalue weighted by atomic mass is 9.93. The van der Waals surface area contributed by atoms with Gasteiger partial charge in [0.1, 0.15) is 11.6 Å². The van der Waals surface area contributed by atoms with Gasteiger partial charge in [0, 0.05) is 41.4 Å². The maximum absolute atomic E-state index is 12.6. The third-order valence-electron chi connectivity index (χ3n) is 6.93. The molecule has 0 aromatic heterocycles. The van der Waals surface area contributed by atoms with Crippen molar-refractivity contribution in [3.05, 3.63) is 42.0 Å². The minimum Gasteiger partial charge on any atom is -0.461 e. The van der Waals surface area contributed by atoms with Crippen molar-refractivity contribution in [2.45, 2.75) is 76.1 Å². The van der Waals surface area contributed by atoms with Gasteiger partial charge in [-0.05, 0) is 37.8 Å². The summed E-state index contributed by atoms with van der Waals surface area (Å²) in [6.45, 7) is 3.88. The minimum absolute atomic E-state index is 0.0677. The summed E-state index contributed by atoms with van der Waals surface area (Å²) in [4.78, 5) is 15.1. The van der Waals surface area contributed by atoms with Crippen LogP contribution in [0.15, 0.2) is 36.4 Å².